The first-order chi connectivity index (χ1) is 8.27. The number of carbonyl (C=O) groups is 1. The maximum absolute atomic E-state index is 11.8. The van der Waals surface area contributed by atoms with Gasteiger partial charge in [0.25, 0.3) is 0 Å². The summed E-state index contributed by atoms with van der Waals surface area (Å²) in [7, 11) is -3.77. The number of hydrogen-bond acceptors (Lipinski definition) is 5. The zero-order chi connectivity index (χ0) is 13.9. The predicted molar refractivity (Wildman–Crippen MR) is 70.2 cm³/mol. The van der Waals surface area contributed by atoms with Crippen molar-refractivity contribution in [1.29, 1.82) is 0 Å². The molecule has 0 aromatic carbocycles. The van der Waals surface area contributed by atoms with Gasteiger partial charge in [0.05, 0.1) is 11.7 Å². The van der Waals surface area contributed by atoms with Crippen molar-refractivity contribution in [3.63, 3.8) is 0 Å². The van der Waals surface area contributed by atoms with Crippen LogP contribution in [0.1, 0.15) is 42.6 Å². The van der Waals surface area contributed by atoms with Crippen molar-refractivity contribution < 1.29 is 17.9 Å². The molecular weight excluding hydrogens is 274 g/mol. The van der Waals surface area contributed by atoms with Crippen molar-refractivity contribution in [2.24, 2.45) is 5.14 Å². The summed E-state index contributed by atoms with van der Waals surface area (Å²) < 4.78 is 27.7. The summed E-state index contributed by atoms with van der Waals surface area (Å²) in [6.45, 7) is 5.36. The van der Waals surface area contributed by atoms with Gasteiger partial charge in [-0.1, -0.05) is 13.3 Å². The smallest absolute Gasteiger partial charge is 0.339 e. The van der Waals surface area contributed by atoms with E-state index in [-0.39, 0.29) is 15.9 Å². The van der Waals surface area contributed by atoms with Crippen LogP contribution >= 0.6 is 11.3 Å². The van der Waals surface area contributed by atoms with Gasteiger partial charge in [-0.2, -0.15) is 0 Å². The first kappa shape index (κ1) is 15.1. The van der Waals surface area contributed by atoms with Crippen LogP contribution in [0.25, 0.3) is 0 Å². The molecule has 1 heterocycles. The minimum atomic E-state index is -3.77. The lowest BCUT2D eigenvalue weighted by molar-refractivity contribution is 0.0323. The van der Waals surface area contributed by atoms with Gasteiger partial charge in [0.15, 0.2) is 0 Å². The molecule has 1 unspecified atom stereocenters. The Hall–Kier alpha value is -0.920. The normalized spacial score (nSPS) is 13.3. The topological polar surface area (TPSA) is 86.5 Å². The molecule has 1 aromatic heterocycles. The fourth-order valence-electron chi connectivity index (χ4n) is 1.59. The summed E-state index contributed by atoms with van der Waals surface area (Å²) in [4.78, 5) is 11.8. The fraction of sp³-hybridized carbons (Fsp3) is 0.545. The summed E-state index contributed by atoms with van der Waals surface area (Å²) in [5, 5.41) is 6.52. The number of hydrogen-bond donors (Lipinski definition) is 1. The minimum Gasteiger partial charge on any atom is -0.459 e. The molecule has 0 saturated carbocycles. The maximum atomic E-state index is 11.8. The van der Waals surface area contributed by atoms with Crippen LogP contribution in [0.2, 0.25) is 0 Å². The number of carbonyl (C=O) groups excluding carboxylic acids is 1. The summed E-state index contributed by atoms with van der Waals surface area (Å²) in [6.07, 6.45) is 1.51. The summed E-state index contributed by atoms with van der Waals surface area (Å²) >= 11 is 0.938. The molecule has 1 aromatic rings. The van der Waals surface area contributed by atoms with E-state index in [2.05, 4.69) is 0 Å². The molecule has 0 bridgehead atoms. The zero-order valence-electron chi connectivity index (χ0n) is 10.6. The van der Waals surface area contributed by atoms with Crippen LogP contribution < -0.4 is 5.14 Å². The van der Waals surface area contributed by atoms with Crippen LogP contribution in [0, 0.1) is 6.92 Å². The van der Waals surface area contributed by atoms with Gasteiger partial charge in [-0.05, 0) is 25.8 Å². The Morgan fingerprint density at radius 1 is 1.56 bits per heavy atom. The number of esters is 1. The van der Waals surface area contributed by atoms with E-state index in [1.54, 1.807) is 6.92 Å². The molecule has 102 valence electrons. The predicted octanol–water partition coefficient (Wildman–Crippen LogP) is 2.05. The molecule has 7 heteroatoms. The lowest BCUT2D eigenvalue weighted by Gasteiger charge is -2.11. The first-order valence-electron chi connectivity index (χ1n) is 5.59. The highest BCUT2D eigenvalue weighted by Crippen LogP contribution is 2.26. The van der Waals surface area contributed by atoms with Gasteiger partial charge in [0.1, 0.15) is 4.21 Å². The summed E-state index contributed by atoms with van der Waals surface area (Å²) in [5.74, 6) is -0.500. The van der Waals surface area contributed by atoms with E-state index in [1.165, 1.54) is 5.38 Å². The molecule has 5 nitrogen and oxygen atoms in total. The van der Waals surface area contributed by atoms with E-state index in [9.17, 15) is 13.2 Å². The maximum Gasteiger partial charge on any atom is 0.339 e. The molecule has 0 aliphatic carbocycles. The third-order valence-electron chi connectivity index (χ3n) is 2.48. The monoisotopic (exact) mass is 291 g/mol. The highest BCUT2D eigenvalue weighted by molar-refractivity contribution is 7.91. The van der Waals surface area contributed by atoms with Crippen LogP contribution in [0.15, 0.2) is 9.59 Å². The van der Waals surface area contributed by atoms with Crippen LogP contribution in [0.5, 0.6) is 0 Å². The van der Waals surface area contributed by atoms with Gasteiger partial charge < -0.3 is 4.74 Å². The van der Waals surface area contributed by atoms with E-state index < -0.39 is 16.0 Å². The van der Waals surface area contributed by atoms with E-state index >= 15 is 0 Å². The molecule has 18 heavy (non-hydrogen) atoms. The Morgan fingerprint density at radius 3 is 2.61 bits per heavy atom. The lowest BCUT2D eigenvalue weighted by atomic mass is 10.2. The van der Waals surface area contributed by atoms with Gasteiger partial charge in [0.2, 0.25) is 10.0 Å². The Labute approximate surface area is 111 Å². The van der Waals surface area contributed by atoms with E-state index in [4.69, 9.17) is 9.88 Å². The van der Waals surface area contributed by atoms with Crippen molar-refractivity contribution >= 4 is 27.3 Å². The van der Waals surface area contributed by atoms with E-state index in [1.807, 2.05) is 13.8 Å². The largest absolute Gasteiger partial charge is 0.459 e. The molecule has 0 saturated heterocycles. The highest BCUT2D eigenvalue weighted by atomic mass is 32.2. The lowest BCUT2D eigenvalue weighted by Crippen LogP contribution is -2.16. The first-order valence-corrected chi connectivity index (χ1v) is 8.01. The second-order valence-electron chi connectivity index (χ2n) is 4.11. The van der Waals surface area contributed by atoms with Crippen LogP contribution in [-0.4, -0.2) is 20.5 Å². The van der Waals surface area contributed by atoms with E-state index in [0.29, 0.717) is 5.56 Å². The van der Waals surface area contributed by atoms with Gasteiger partial charge in [-0.3, -0.25) is 0 Å². The number of primary sulfonamides is 1. The van der Waals surface area contributed by atoms with Crippen molar-refractivity contribution in [3.05, 3.63) is 16.5 Å². The summed E-state index contributed by atoms with van der Waals surface area (Å²) in [5.41, 5.74) is 0.628. The summed E-state index contributed by atoms with van der Waals surface area (Å²) in [6, 6.07) is 0. The SMILES string of the molecule is CCCC(C)OC(=O)c1csc(S(N)(=O)=O)c1C. The van der Waals surface area contributed by atoms with Crippen molar-refractivity contribution in [1.82, 2.24) is 0 Å². The van der Waals surface area contributed by atoms with Crippen molar-refractivity contribution in [3.8, 4) is 0 Å². The quantitative estimate of drug-likeness (QED) is 0.841. The Morgan fingerprint density at radius 2 is 2.17 bits per heavy atom. The van der Waals surface area contributed by atoms with Gasteiger partial charge in [-0.25, -0.2) is 18.4 Å². The molecule has 0 aliphatic rings. The molecule has 2 N–H and O–H groups in total. The zero-order valence-corrected chi connectivity index (χ0v) is 12.2. The molecule has 0 spiro atoms. The molecular formula is C11H17NO4S2. The van der Waals surface area contributed by atoms with Gasteiger partial charge >= 0.3 is 5.97 Å². The molecule has 1 rings (SSSR count). The minimum absolute atomic E-state index is 0.0117. The van der Waals surface area contributed by atoms with Crippen LogP contribution in [0.3, 0.4) is 0 Å². The van der Waals surface area contributed by atoms with Gasteiger partial charge in [0, 0.05) is 5.38 Å². The standard InChI is InChI=1S/C11H17NO4S2/c1-4-5-7(2)16-10(13)9-6-17-11(8(9)3)18(12,14)15/h6-7H,4-5H2,1-3H3,(H2,12,14,15). The number of nitrogens with two attached hydrogens (primary N) is 1. The Kier molecular flexibility index (Phi) is 4.89. The third kappa shape index (κ3) is 3.54. The molecule has 0 amide bonds. The van der Waals surface area contributed by atoms with Gasteiger partial charge in [-0.15, -0.1) is 11.3 Å². The molecule has 0 aliphatic heterocycles. The highest BCUT2D eigenvalue weighted by Gasteiger charge is 2.22. The second kappa shape index (κ2) is 5.81. The number of rotatable bonds is 5. The number of thiophene rings is 1. The van der Waals surface area contributed by atoms with E-state index in [0.717, 1.165) is 24.2 Å². The average Bonchev–Trinajstić information content (AvgIpc) is 2.59. The average molecular weight is 291 g/mol. The van der Waals surface area contributed by atoms with Crippen LogP contribution in [-0.2, 0) is 14.8 Å². The third-order valence-corrected chi connectivity index (χ3v) is 5.16. The van der Waals surface area contributed by atoms with Crippen molar-refractivity contribution in [2.45, 2.75) is 43.9 Å². The molecule has 0 radical (unpaired) electrons. The fourth-order valence-corrected chi connectivity index (χ4v) is 3.59. The molecule has 0 fully saturated rings. The number of ether oxygens (including phenoxy) is 1. The second-order valence-corrected chi connectivity index (χ2v) is 6.75. The Bertz CT molecular complexity index is 533. The van der Waals surface area contributed by atoms with Crippen LogP contribution in [0.4, 0.5) is 0 Å². The van der Waals surface area contributed by atoms with Crippen molar-refractivity contribution in [2.75, 3.05) is 0 Å². The Balaban J connectivity index is 2.92. The number of sulfonamides is 1. The molecule has 1 atom stereocenters.